The van der Waals surface area contributed by atoms with Crippen LogP contribution in [0.15, 0.2) is 22.9 Å². The van der Waals surface area contributed by atoms with E-state index in [-0.39, 0.29) is 12.7 Å². The minimum absolute atomic E-state index is 0.178. The molecular weight excluding hydrogens is 246 g/mol. The quantitative estimate of drug-likeness (QED) is 0.797. The highest BCUT2D eigenvalue weighted by Gasteiger charge is 2.14. The summed E-state index contributed by atoms with van der Waals surface area (Å²) in [5, 5.41) is 3.86. The van der Waals surface area contributed by atoms with Gasteiger partial charge in [0.05, 0.1) is 5.69 Å². The van der Waals surface area contributed by atoms with Gasteiger partial charge in [-0.15, -0.1) is 0 Å². The van der Waals surface area contributed by atoms with Crippen molar-refractivity contribution < 1.29 is 14.0 Å². The van der Waals surface area contributed by atoms with Gasteiger partial charge >= 0.3 is 0 Å². The number of ether oxygens (including phenoxy) is 2. The van der Waals surface area contributed by atoms with Crippen LogP contribution in [0.3, 0.4) is 0 Å². The van der Waals surface area contributed by atoms with Crippen LogP contribution in [-0.4, -0.2) is 21.7 Å². The molecule has 0 unspecified atom stereocenters. The largest absolute Gasteiger partial charge is 0.482 e. The number of nitrogens with zero attached hydrogens (tertiary/aromatic N) is 3. The molecule has 6 nitrogen and oxygen atoms in total. The normalized spacial score (nSPS) is 12.4. The Labute approximate surface area is 111 Å². The highest BCUT2D eigenvalue weighted by Crippen LogP contribution is 2.17. The molecule has 6 heteroatoms. The van der Waals surface area contributed by atoms with Crippen molar-refractivity contribution in [2.24, 2.45) is 0 Å². The van der Waals surface area contributed by atoms with Crippen molar-refractivity contribution in [2.75, 3.05) is 6.61 Å². The van der Waals surface area contributed by atoms with Crippen molar-refractivity contribution in [1.82, 2.24) is 15.1 Å². The molecule has 0 N–H and O–H groups in total. The second kappa shape index (κ2) is 6.29. The third-order valence-corrected chi connectivity index (χ3v) is 2.57. The zero-order valence-corrected chi connectivity index (χ0v) is 11.3. The van der Waals surface area contributed by atoms with E-state index in [0.29, 0.717) is 24.1 Å². The lowest BCUT2D eigenvalue weighted by Crippen LogP contribution is -2.02. The maximum Gasteiger partial charge on any atom is 0.264 e. The first-order valence-corrected chi connectivity index (χ1v) is 6.19. The zero-order valence-electron chi connectivity index (χ0n) is 11.3. The van der Waals surface area contributed by atoms with E-state index in [2.05, 4.69) is 15.1 Å². The summed E-state index contributed by atoms with van der Waals surface area (Å²) in [6.45, 7) is 6.51. The van der Waals surface area contributed by atoms with Crippen molar-refractivity contribution in [3.63, 3.8) is 0 Å². The number of hydrogen-bond acceptors (Lipinski definition) is 6. The average molecular weight is 263 g/mol. The van der Waals surface area contributed by atoms with E-state index in [1.165, 1.54) is 0 Å². The highest BCUT2D eigenvalue weighted by atomic mass is 16.5. The minimum atomic E-state index is -0.178. The van der Waals surface area contributed by atoms with E-state index >= 15 is 0 Å². The number of aromatic nitrogens is 3. The van der Waals surface area contributed by atoms with Crippen LogP contribution in [0.1, 0.15) is 37.4 Å². The molecule has 0 radical (unpaired) electrons. The Bertz CT molecular complexity index is 527. The lowest BCUT2D eigenvalue weighted by Gasteiger charge is -2.05. The van der Waals surface area contributed by atoms with Crippen LogP contribution in [-0.2, 0) is 11.3 Å². The predicted octanol–water partition coefficient (Wildman–Crippen LogP) is 2.45. The van der Waals surface area contributed by atoms with Crippen LogP contribution in [0.2, 0.25) is 0 Å². The van der Waals surface area contributed by atoms with Gasteiger partial charge in [-0.2, -0.15) is 4.98 Å². The Balaban J connectivity index is 1.95. The first kappa shape index (κ1) is 13.5. The summed E-state index contributed by atoms with van der Waals surface area (Å²) >= 11 is 0. The van der Waals surface area contributed by atoms with Crippen molar-refractivity contribution in [3.05, 3.63) is 35.7 Å². The van der Waals surface area contributed by atoms with Gasteiger partial charge in [-0.3, -0.25) is 4.98 Å². The van der Waals surface area contributed by atoms with Crippen LogP contribution in [0.5, 0.6) is 5.75 Å². The van der Waals surface area contributed by atoms with Crippen LogP contribution in [0.25, 0.3) is 0 Å². The Morgan fingerprint density at radius 2 is 2.26 bits per heavy atom. The van der Waals surface area contributed by atoms with Gasteiger partial charge in [0.2, 0.25) is 0 Å². The Hall–Kier alpha value is -1.95. The van der Waals surface area contributed by atoms with Gasteiger partial charge in [-0.05, 0) is 32.9 Å². The molecule has 19 heavy (non-hydrogen) atoms. The Kier molecular flexibility index (Phi) is 4.46. The molecular formula is C13H17N3O3. The summed E-state index contributed by atoms with van der Waals surface area (Å²) in [5.74, 6) is 1.66. The van der Waals surface area contributed by atoms with Crippen LogP contribution in [0, 0.1) is 6.92 Å². The van der Waals surface area contributed by atoms with Gasteiger partial charge in [0.25, 0.3) is 5.89 Å². The topological polar surface area (TPSA) is 70.3 Å². The van der Waals surface area contributed by atoms with E-state index in [4.69, 9.17) is 14.0 Å². The molecule has 0 aliphatic carbocycles. The first-order valence-electron chi connectivity index (χ1n) is 6.19. The van der Waals surface area contributed by atoms with E-state index < -0.39 is 0 Å². The van der Waals surface area contributed by atoms with Gasteiger partial charge in [0, 0.05) is 12.8 Å². The Morgan fingerprint density at radius 3 is 3.00 bits per heavy atom. The molecule has 0 spiro atoms. The molecule has 2 rings (SSSR count). The van der Waals surface area contributed by atoms with Gasteiger partial charge < -0.3 is 14.0 Å². The van der Waals surface area contributed by atoms with E-state index in [1.54, 1.807) is 6.20 Å². The van der Waals surface area contributed by atoms with Crippen LogP contribution >= 0.6 is 0 Å². The average Bonchev–Trinajstić information content (AvgIpc) is 2.87. The molecule has 0 aromatic carbocycles. The van der Waals surface area contributed by atoms with Gasteiger partial charge in [-0.25, -0.2) is 0 Å². The molecule has 0 aliphatic rings. The third-order valence-electron chi connectivity index (χ3n) is 2.57. The van der Waals surface area contributed by atoms with E-state index in [0.717, 1.165) is 5.69 Å². The molecule has 1 atom stereocenters. The number of hydrogen-bond donors (Lipinski definition) is 0. The molecule has 0 fully saturated rings. The van der Waals surface area contributed by atoms with Crippen molar-refractivity contribution in [2.45, 2.75) is 33.5 Å². The van der Waals surface area contributed by atoms with Gasteiger partial charge in [0.15, 0.2) is 12.4 Å². The SMILES string of the molecule is CCO[C@H](C)c1noc(COc2cccnc2C)n1. The molecule has 0 amide bonds. The molecule has 2 aromatic heterocycles. The maximum absolute atomic E-state index is 5.58. The number of aryl methyl sites for hydroxylation is 1. The summed E-state index contributed by atoms with van der Waals surface area (Å²) < 4.78 is 16.1. The smallest absolute Gasteiger partial charge is 0.264 e. The molecule has 2 heterocycles. The second-order valence-corrected chi connectivity index (χ2v) is 4.02. The summed E-state index contributed by atoms with van der Waals surface area (Å²) in [7, 11) is 0. The summed E-state index contributed by atoms with van der Waals surface area (Å²) in [6, 6.07) is 3.67. The monoisotopic (exact) mass is 263 g/mol. The minimum Gasteiger partial charge on any atom is -0.482 e. The van der Waals surface area contributed by atoms with Crippen LogP contribution in [0.4, 0.5) is 0 Å². The number of pyridine rings is 1. The fraction of sp³-hybridized carbons (Fsp3) is 0.462. The summed E-state index contributed by atoms with van der Waals surface area (Å²) in [4.78, 5) is 8.36. The predicted molar refractivity (Wildman–Crippen MR) is 67.6 cm³/mol. The molecule has 0 saturated carbocycles. The Morgan fingerprint density at radius 1 is 1.42 bits per heavy atom. The lowest BCUT2D eigenvalue weighted by molar-refractivity contribution is 0.0683. The third kappa shape index (κ3) is 3.51. The highest BCUT2D eigenvalue weighted by molar-refractivity contribution is 5.25. The van der Waals surface area contributed by atoms with E-state index in [1.807, 2.05) is 32.9 Å². The van der Waals surface area contributed by atoms with E-state index in [9.17, 15) is 0 Å². The maximum atomic E-state index is 5.58. The van der Waals surface area contributed by atoms with Gasteiger partial charge in [-0.1, -0.05) is 5.16 Å². The fourth-order valence-corrected chi connectivity index (χ4v) is 1.58. The van der Waals surface area contributed by atoms with Crippen molar-refractivity contribution in [3.8, 4) is 5.75 Å². The molecule has 0 bridgehead atoms. The summed E-state index contributed by atoms with van der Waals surface area (Å²) in [5.41, 5.74) is 0.824. The molecule has 102 valence electrons. The van der Waals surface area contributed by atoms with Crippen molar-refractivity contribution >= 4 is 0 Å². The fourth-order valence-electron chi connectivity index (χ4n) is 1.58. The molecule has 2 aromatic rings. The zero-order chi connectivity index (χ0) is 13.7. The van der Waals surface area contributed by atoms with Crippen LogP contribution < -0.4 is 4.74 Å². The number of rotatable bonds is 6. The first-order chi connectivity index (χ1) is 9.20. The molecule has 0 aliphatic heterocycles. The second-order valence-electron chi connectivity index (χ2n) is 4.02. The summed E-state index contributed by atoms with van der Waals surface area (Å²) in [6.07, 6.45) is 1.54. The van der Waals surface area contributed by atoms with Crippen molar-refractivity contribution in [1.29, 1.82) is 0 Å². The lowest BCUT2D eigenvalue weighted by atomic mass is 10.3. The molecule has 0 saturated heterocycles. The van der Waals surface area contributed by atoms with Gasteiger partial charge in [0.1, 0.15) is 11.9 Å². The standard InChI is InChI=1S/C13H17N3O3/c1-4-17-10(3)13-15-12(19-16-13)8-18-11-6-5-7-14-9(11)2/h5-7,10H,4,8H2,1-3H3/t10-/m1/s1.